The second-order valence-corrected chi connectivity index (χ2v) is 8.82. The molecule has 0 amide bonds. The standard InChI is InChI=1S/C24H38N4O/c1-4-26(5-2)12-11-25-16-19(29)17-27-13-14-28-22-10-9-18(3)15-21(22)20-7-6-8-23(27)24(20)28/h9-10,15,19,23,25,29H,4-8,11-14,16-17H2,1-3H3/t19-,23+/m1/s1. The molecule has 0 saturated carbocycles. The van der Waals surface area contributed by atoms with Crippen molar-refractivity contribution in [3.05, 3.63) is 35.0 Å². The maximum Gasteiger partial charge on any atom is 0.0791 e. The lowest BCUT2D eigenvalue weighted by molar-refractivity contribution is 0.0638. The number of aromatic nitrogens is 1. The molecular weight excluding hydrogens is 360 g/mol. The average Bonchev–Trinajstić information content (AvgIpc) is 3.05. The molecule has 0 unspecified atom stereocenters. The molecule has 2 aliphatic rings. The first-order chi connectivity index (χ1) is 14.1. The number of hydrogen-bond acceptors (Lipinski definition) is 4. The second-order valence-electron chi connectivity index (χ2n) is 8.82. The van der Waals surface area contributed by atoms with Gasteiger partial charge in [0.05, 0.1) is 12.1 Å². The van der Waals surface area contributed by atoms with E-state index in [1.165, 1.54) is 41.4 Å². The monoisotopic (exact) mass is 398 g/mol. The van der Waals surface area contributed by atoms with Crippen molar-refractivity contribution < 1.29 is 5.11 Å². The van der Waals surface area contributed by atoms with E-state index < -0.39 is 0 Å². The van der Waals surface area contributed by atoms with Crippen molar-refractivity contribution in [2.45, 2.75) is 58.7 Å². The highest BCUT2D eigenvalue weighted by atomic mass is 16.3. The molecule has 160 valence electrons. The van der Waals surface area contributed by atoms with Crippen molar-refractivity contribution in [3.8, 4) is 0 Å². The molecule has 1 aliphatic carbocycles. The van der Waals surface area contributed by atoms with Gasteiger partial charge in [-0.05, 0) is 57.0 Å². The number of aliphatic hydroxyl groups excluding tert-OH is 1. The first-order valence-corrected chi connectivity index (χ1v) is 11.6. The summed E-state index contributed by atoms with van der Waals surface area (Å²) >= 11 is 0. The zero-order valence-electron chi connectivity index (χ0n) is 18.5. The predicted octanol–water partition coefficient (Wildman–Crippen LogP) is 2.94. The van der Waals surface area contributed by atoms with Gasteiger partial charge >= 0.3 is 0 Å². The number of nitrogens with zero attached hydrogens (tertiary/aromatic N) is 3. The molecule has 2 atom stereocenters. The zero-order chi connectivity index (χ0) is 20.4. The highest BCUT2D eigenvalue weighted by Crippen LogP contribution is 2.42. The number of fused-ring (bicyclic) bond motifs is 3. The van der Waals surface area contributed by atoms with E-state index >= 15 is 0 Å². The van der Waals surface area contributed by atoms with Gasteiger partial charge in [0.2, 0.25) is 0 Å². The Kier molecular flexibility index (Phi) is 6.60. The highest BCUT2D eigenvalue weighted by molar-refractivity contribution is 5.87. The van der Waals surface area contributed by atoms with Gasteiger partial charge < -0.3 is 19.9 Å². The smallest absolute Gasteiger partial charge is 0.0791 e. The molecule has 5 heteroatoms. The molecule has 5 nitrogen and oxygen atoms in total. The van der Waals surface area contributed by atoms with Gasteiger partial charge in [0.1, 0.15) is 0 Å². The third-order valence-electron chi connectivity index (χ3n) is 6.96. The maximum absolute atomic E-state index is 10.7. The van der Waals surface area contributed by atoms with Gasteiger partial charge in [-0.15, -0.1) is 0 Å². The summed E-state index contributed by atoms with van der Waals surface area (Å²) < 4.78 is 2.57. The molecule has 1 aromatic heterocycles. The van der Waals surface area contributed by atoms with E-state index in [0.717, 1.165) is 45.8 Å². The minimum atomic E-state index is -0.310. The summed E-state index contributed by atoms with van der Waals surface area (Å²) in [6.07, 6.45) is 3.35. The van der Waals surface area contributed by atoms with Crippen molar-refractivity contribution >= 4 is 10.9 Å². The third kappa shape index (κ3) is 4.24. The van der Waals surface area contributed by atoms with Gasteiger partial charge in [0.25, 0.3) is 0 Å². The molecule has 0 saturated heterocycles. The van der Waals surface area contributed by atoms with Crippen LogP contribution in [0.25, 0.3) is 10.9 Å². The van der Waals surface area contributed by atoms with E-state index in [1.54, 1.807) is 5.56 Å². The van der Waals surface area contributed by atoms with Gasteiger partial charge in [0, 0.05) is 55.9 Å². The Balaban J connectivity index is 1.41. The average molecular weight is 399 g/mol. The van der Waals surface area contributed by atoms with E-state index in [1.807, 2.05) is 0 Å². The molecule has 0 bridgehead atoms. The molecule has 4 rings (SSSR count). The SMILES string of the molecule is CCN(CC)CCNC[C@@H](O)CN1CCn2c3c(c4cc(C)ccc42)CCC[C@@H]31. The summed E-state index contributed by atoms with van der Waals surface area (Å²) in [6, 6.07) is 7.39. The molecular formula is C24H38N4O. The number of hydrogen-bond donors (Lipinski definition) is 2. The lowest BCUT2D eigenvalue weighted by Crippen LogP contribution is -2.46. The number of rotatable bonds is 9. The quantitative estimate of drug-likeness (QED) is 0.638. The van der Waals surface area contributed by atoms with E-state index in [9.17, 15) is 5.11 Å². The molecule has 0 fully saturated rings. The second kappa shape index (κ2) is 9.17. The van der Waals surface area contributed by atoms with Crippen LogP contribution in [0.5, 0.6) is 0 Å². The third-order valence-corrected chi connectivity index (χ3v) is 6.96. The van der Waals surface area contributed by atoms with Crippen LogP contribution in [-0.4, -0.2) is 71.4 Å². The molecule has 2 aromatic rings. The van der Waals surface area contributed by atoms with Gasteiger partial charge in [-0.25, -0.2) is 0 Å². The highest BCUT2D eigenvalue weighted by Gasteiger charge is 2.35. The summed E-state index contributed by atoms with van der Waals surface area (Å²) in [6.45, 7) is 14.3. The Labute approximate surface area is 175 Å². The molecule has 2 N–H and O–H groups in total. The first kappa shape index (κ1) is 20.9. The van der Waals surface area contributed by atoms with Crippen LogP contribution in [0.4, 0.5) is 0 Å². The van der Waals surface area contributed by atoms with Crippen LogP contribution < -0.4 is 5.32 Å². The predicted molar refractivity (Wildman–Crippen MR) is 121 cm³/mol. The fraction of sp³-hybridized carbons (Fsp3) is 0.667. The number of aliphatic hydroxyl groups is 1. The summed E-state index contributed by atoms with van der Waals surface area (Å²) in [5.74, 6) is 0. The van der Waals surface area contributed by atoms with Gasteiger partial charge in [0.15, 0.2) is 0 Å². The molecule has 0 radical (unpaired) electrons. The maximum atomic E-state index is 10.7. The van der Waals surface area contributed by atoms with E-state index in [4.69, 9.17) is 0 Å². The Bertz CT molecular complexity index is 826. The Morgan fingerprint density at radius 1 is 1.24 bits per heavy atom. The molecule has 1 aliphatic heterocycles. The number of likely N-dealkylation sites (N-methyl/N-ethyl adjacent to an activating group) is 1. The summed E-state index contributed by atoms with van der Waals surface area (Å²) in [4.78, 5) is 4.95. The van der Waals surface area contributed by atoms with Crippen molar-refractivity contribution in [1.82, 2.24) is 19.7 Å². The van der Waals surface area contributed by atoms with Crippen LogP contribution in [-0.2, 0) is 13.0 Å². The largest absolute Gasteiger partial charge is 0.390 e. The molecule has 29 heavy (non-hydrogen) atoms. The van der Waals surface area contributed by atoms with Crippen molar-refractivity contribution in [2.75, 3.05) is 45.8 Å². The fourth-order valence-corrected chi connectivity index (χ4v) is 5.39. The zero-order valence-corrected chi connectivity index (χ0v) is 18.5. The minimum absolute atomic E-state index is 0.310. The first-order valence-electron chi connectivity index (χ1n) is 11.6. The van der Waals surface area contributed by atoms with Crippen LogP contribution in [0, 0.1) is 6.92 Å². The Morgan fingerprint density at radius 3 is 2.86 bits per heavy atom. The van der Waals surface area contributed by atoms with Crippen molar-refractivity contribution in [1.29, 1.82) is 0 Å². The normalized spacial score (nSPS) is 20.4. The van der Waals surface area contributed by atoms with E-state index in [2.05, 4.69) is 58.7 Å². The van der Waals surface area contributed by atoms with Crippen LogP contribution in [0.15, 0.2) is 18.2 Å². The summed E-state index contributed by atoms with van der Waals surface area (Å²) in [5.41, 5.74) is 5.86. The van der Waals surface area contributed by atoms with Gasteiger partial charge in [-0.3, -0.25) is 4.90 Å². The number of β-amino-alcohol motifs (C(OH)–C–C–N with tert-alkyl or cyclic N) is 1. The number of aryl methyl sites for hydroxylation is 2. The Morgan fingerprint density at radius 2 is 2.07 bits per heavy atom. The van der Waals surface area contributed by atoms with Crippen molar-refractivity contribution in [3.63, 3.8) is 0 Å². The van der Waals surface area contributed by atoms with Gasteiger partial charge in [-0.2, -0.15) is 0 Å². The van der Waals surface area contributed by atoms with E-state index in [-0.39, 0.29) is 6.10 Å². The number of nitrogens with one attached hydrogen (secondary N) is 1. The van der Waals surface area contributed by atoms with Gasteiger partial charge in [-0.1, -0.05) is 25.5 Å². The minimum Gasteiger partial charge on any atom is -0.390 e. The Hall–Kier alpha value is -1.40. The number of benzene rings is 1. The molecule has 0 spiro atoms. The van der Waals surface area contributed by atoms with Crippen LogP contribution >= 0.6 is 0 Å². The molecule has 2 heterocycles. The topological polar surface area (TPSA) is 43.7 Å². The lowest BCUT2D eigenvalue weighted by Gasteiger charge is -2.40. The van der Waals surface area contributed by atoms with Crippen molar-refractivity contribution in [2.24, 2.45) is 0 Å². The van der Waals surface area contributed by atoms with Crippen LogP contribution in [0.1, 0.15) is 49.6 Å². The van der Waals surface area contributed by atoms with E-state index in [0.29, 0.717) is 12.6 Å². The molecule has 1 aromatic carbocycles. The fourth-order valence-electron chi connectivity index (χ4n) is 5.39. The summed E-state index contributed by atoms with van der Waals surface area (Å²) in [5, 5.41) is 15.6. The van der Waals surface area contributed by atoms with Crippen LogP contribution in [0.3, 0.4) is 0 Å². The lowest BCUT2D eigenvalue weighted by atomic mass is 9.89. The van der Waals surface area contributed by atoms with Crippen LogP contribution in [0.2, 0.25) is 0 Å². The summed E-state index contributed by atoms with van der Waals surface area (Å²) in [7, 11) is 0.